The second kappa shape index (κ2) is 8.56. The third kappa shape index (κ3) is 6.28. The lowest BCUT2D eigenvalue weighted by Crippen LogP contribution is -1.99. The lowest BCUT2D eigenvalue weighted by Gasteiger charge is -2.07. The normalized spacial score (nSPS) is 11.1. The van der Waals surface area contributed by atoms with Crippen molar-refractivity contribution in [3.63, 3.8) is 0 Å². The van der Waals surface area contributed by atoms with E-state index in [0.29, 0.717) is 19.1 Å². The zero-order valence-electron chi connectivity index (χ0n) is 11.6. The Labute approximate surface area is 110 Å². The van der Waals surface area contributed by atoms with Crippen molar-refractivity contribution in [1.82, 2.24) is 0 Å². The van der Waals surface area contributed by atoms with Gasteiger partial charge in [-0.25, -0.2) is 0 Å². The Bertz CT molecular complexity index is 344. The molecule has 0 bridgehead atoms. The third-order valence-corrected chi connectivity index (χ3v) is 2.36. The highest BCUT2D eigenvalue weighted by Gasteiger charge is 1.98. The van der Waals surface area contributed by atoms with Crippen LogP contribution in [-0.4, -0.2) is 19.4 Å². The molecule has 0 saturated heterocycles. The van der Waals surface area contributed by atoms with Gasteiger partial charge in [0.15, 0.2) is 0 Å². The van der Waals surface area contributed by atoms with Crippen LogP contribution >= 0.6 is 0 Å². The summed E-state index contributed by atoms with van der Waals surface area (Å²) in [6.07, 6.45) is 3.60. The molecule has 3 heteroatoms. The Hall–Kier alpha value is -1.51. The van der Waals surface area contributed by atoms with Gasteiger partial charge in [0.2, 0.25) is 0 Å². The van der Waals surface area contributed by atoms with Crippen molar-refractivity contribution in [3.05, 3.63) is 29.8 Å². The van der Waals surface area contributed by atoms with Crippen LogP contribution in [0.15, 0.2) is 29.4 Å². The topological polar surface area (TPSA) is 30.8 Å². The SMILES string of the molecule is CCO/N=C/CCOc1ccc(CC(C)C)cc1. The zero-order valence-corrected chi connectivity index (χ0v) is 11.6. The van der Waals surface area contributed by atoms with Gasteiger partial charge in [0.25, 0.3) is 0 Å². The van der Waals surface area contributed by atoms with Crippen molar-refractivity contribution >= 4 is 6.21 Å². The molecule has 0 heterocycles. The molecule has 0 atom stereocenters. The van der Waals surface area contributed by atoms with Gasteiger partial charge < -0.3 is 9.57 Å². The molecule has 0 radical (unpaired) electrons. The van der Waals surface area contributed by atoms with E-state index >= 15 is 0 Å². The molecule has 1 aromatic carbocycles. The lowest BCUT2D eigenvalue weighted by atomic mass is 10.0. The van der Waals surface area contributed by atoms with E-state index in [1.807, 2.05) is 19.1 Å². The summed E-state index contributed by atoms with van der Waals surface area (Å²) in [6.45, 7) is 7.59. The highest BCUT2D eigenvalue weighted by atomic mass is 16.6. The van der Waals surface area contributed by atoms with E-state index < -0.39 is 0 Å². The third-order valence-electron chi connectivity index (χ3n) is 2.36. The maximum Gasteiger partial charge on any atom is 0.119 e. The molecule has 0 saturated carbocycles. The Balaban J connectivity index is 2.26. The first-order valence-corrected chi connectivity index (χ1v) is 6.58. The van der Waals surface area contributed by atoms with Crippen molar-refractivity contribution in [3.8, 4) is 5.75 Å². The van der Waals surface area contributed by atoms with Gasteiger partial charge in [-0.1, -0.05) is 31.1 Å². The van der Waals surface area contributed by atoms with Gasteiger partial charge in [0, 0.05) is 12.6 Å². The van der Waals surface area contributed by atoms with Gasteiger partial charge in [0.05, 0.1) is 6.61 Å². The lowest BCUT2D eigenvalue weighted by molar-refractivity contribution is 0.159. The quantitative estimate of drug-likeness (QED) is 0.400. The minimum Gasteiger partial charge on any atom is -0.493 e. The summed E-state index contributed by atoms with van der Waals surface area (Å²) in [6, 6.07) is 8.31. The molecule has 0 fully saturated rings. The minimum atomic E-state index is 0.606. The molecule has 0 aliphatic rings. The first-order chi connectivity index (χ1) is 8.72. The molecule has 0 aliphatic carbocycles. The number of oxime groups is 1. The fourth-order valence-electron chi connectivity index (χ4n) is 1.60. The maximum atomic E-state index is 5.60. The molecule has 0 spiro atoms. The number of ether oxygens (including phenoxy) is 1. The van der Waals surface area contributed by atoms with Crippen molar-refractivity contribution < 1.29 is 9.57 Å². The highest BCUT2D eigenvalue weighted by molar-refractivity contribution is 5.56. The van der Waals surface area contributed by atoms with Crippen molar-refractivity contribution in [1.29, 1.82) is 0 Å². The van der Waals surface area contributed by atoms with Crippen LogP contribution in [0.5, 0.6) is 5.75 Å². The summed E-state index contributed by atoms with van der Waals surface area (Å²) < 4.78 is 5.60. The molecule has 18 heavy (non-hydrogen) atoms. The Morgan fingerprint density at radius 3 is 2.56 bits per heavy atom. The first-order valence-electron chi connectivity index (χ1n) is 6.58. The molecular weight excluding hydrogens is 226 g/mol. The van der Waals surface area contributed by atoms with E-state index in [-0.39, 0.29) is 0 Å². The first kappa shape index (κ1) is 14.6. The molecule has 0 aliphatic heterocycles. The average Bonchev–Trinajstić information content (AvgIpc) is 2.35. The van der Waals surface area contributed by atoms with Crippen molar-refractivity contribution in [2.45, 2.75) is 33.6 Å². The molecule has 0 unspecified atom stereocenters. The second-order valence-corrected chi connectivity index (χ2v) is 4.58. The fourth-order valence-corrected chi connectivity index (χ4v) is 1.60. The maximum absolute atomic E-state index is 5.60. The van der Waals surface area contributed by atoms with E-state index in [1.165, 1.54) is 5.56 Å². The van der Waals surface area contributed by atoms with E-state index in [1.54, 1.807) is 6.21 Å². The largest absolute Gasteiger partial charge is 0.493 e. The Kier molecular flexibility index (Phi) is 6.92. The molecule has 3 nitrogen and oxygen atoms in total. The zero-order chi connectivity index (χ0) is 13.2. The van der Waals surface area contributed by atoms with Gasteiger partial charge in [-0.2, -0.15) is 0 Å². The summed E-state index contributed by atoms with van der Waals surface area (Å²) in [7, 11) is 0. The van der Waals surface area contributed by atoms with E-state index in [2.05, 4.69) is 31.1 Å². The Morgan fingerprint density at radius 2 is 1.94 bits per heavy atom. The van der Waals surface area contributed by atoms with Crippen LogP contribution < -0.4 is 4.74 Å². The fraction of sp³-hybridized carbons (Fsp3) is 0.533. The summed E-state index contributed by atoms with van der Waals surface area (Å²) in [5.41, 5.74) is 1.36. The van der Waals surface area contributed by atoms with Crippen LogP contribution in [-0.2, 0) is 11.3 Å². The van der Waals surface area contributed by atoms with E-state index in [4.69, 9.17) is 9.57 Å². The van der Waals surface area contributed by atoms with Crippen LogP contribution in [0.3, 0.4) is 0 Å². The number of hydrogen-bond acceptors (Lipinski definition) is 3. The molecule has 0 N–H and O–H groups in total. The number of nitrogens with zero attached hydrogens (tertiary/aromatic N) is 1. The molecular formula is C15H23NO2. The second-order valence-electron chi connectivity index (χ2n) is 4.58. The number of hydrogen-bond donors (Lipinski definition) is 0. The van der Waals surface area contributed by atoms with Gasteiger partial charge in [-0.3, -0.25) is 0 Å². The summed E-state index contributed by atoms with van der Waals surface area (Å²) in [5, 5.41) is 3.76. The predicted octanol–water partition coefficient (Wildman–Crippen LogP) is 3.68. The van der Waals surface area contributed by atoms with Crippen LogP contribution in [0.1, 0.15) is 32.8 Å². The van der Waals surface area contributed by atoms with Gasteiger partial charge >= 0.3 is 0 Å². The van der Waals surface area contributed by atoms with Gasteiger partial charge in [-0.15, -0.1) is 0 Å². The van der Waals surface area contributed by atoms with Gasteiger partial charge in [0.1, 0.15) is 12.4 Å². The van der Waals surface area contributed by atoms with Gasteiger partial charge in [-0.05, 0) is 37.0 Å². The number of benzene rings is 1. The smallest absolute Gasteiger partial charge is 0.119 e. The van der Waals surface area contributed by atoms with Crippen LogP contribution in [0.4, 0.5) is 0 Å². The summed E-state index contributed by atoms with van der Waals surface area (Å²) in [5.74, 6) is 1.60. The summed E-state index contributed by atoms with van der Waals surface area (Å²) >= 11 is 0. The van der Waals surface area contributed by atoms with Crippen molar-refractivity contribution in [2.75, 3.05) is 13.2 Å². The molecule has 1 rings (SSSR count). The van der Waals surface area contributed by atoms with Crippen LogP contribution in [0.25, 0.3) is 0 Å². The predicted molar refractivity (Wildman–Crippen MR) is 75.2 cm³/mol. The van der Waals surface area contributed by atoms with Crippen molar-refractivity contribution in [2.24, 2.45) is 11.1 Å². The minimum absolute atomic E-state index is 0.606. The molecule has 100 valence electrons. The monoisotopic (exact) mass is 249 g/mol. The highest BCUT2D eigenvalue weighted by Crippen LogP contribution is 2.14. The van der Waals surface area contributed by atoms with E-state index in [0.717, 1.165) is 18.6 Å². The average molecular weight is 249 g/mol. The van der Waals surface area contributed by atoms with Crippen LogP contribution in [0, 0.1) is 5.92 Å². The number of rotatable bonds is 8. The van der Waals surface area contributed by atoms with E-state index in [9.17, 15) is 0 Å². The molecule has 1 aromatic rings. The standard InChI is InChI=1S/C15H23NO2/c1-4-18-16-10-5-11-17-15-8-6-14(7-9-15)12-13(2)3/h6-10,13H,4-5,11-12H2,1-3H3/b16-10+. The molecule has 0 aromatic heterocycles. The summed E-state index contributed by atoms with van der Waals surface area (Å²) in [4.78, 5) is 4.85. The van der Waals surface area contributed by atoms with Crippen LogP contribution in [0.2, 0.25) is 0 Å². The molecule has 0 amide bonds. The Morgan fingerprint density at radius 1 is 1.22 bits per heavy atom.